The van der Waals surface area contributed by atoms with Crippen LogP contribution in [0.15, 0.2) is 51.8 Å². The number of ether oxygens (including phenoxy) is 3. The highest BCUT2D eigenvalue weighted by Gasteiger charge is 2.05. The third kappa shape index (κ3) is 6.48. The molecule has 0 aliphatic carbocycles. The normalized spacial score (nSPS) is 11.0. The standard InChI is InChI=1S/C19H23BrO3S/c1-4-21-13-22-12-15-11-17(7-10-19(15)20)23-16-5-8-18(9-6-16)24-14(2)3/h5-11,14H,4,12-13H2,1-3H3. The second kappa shape index (κ2) is 10.1. The zero-order valence-corrected chi connectivity index (χ0v) is 16.7. The lowest BCUT2D eigenvalue weighted by atomic mass is 10.2. The molecule has 0 aliphatic heterocycles. The van der Waals surface area contributed by atoms with Crippen LogP contribution in [0.1, 0.15) is 26.3 Å². The number of thioether (sulfide) groups is 1. The zero-order valence-electron chi connectivity index (χ0n) is 14.3. The molecule has 0 atom stereocenters. The van der Waals surface area contributed by atoms with Crippen molar-refractivity contribution in [1.29, 1.82) is 0 Å². The fourth-order valence-electron chi connectivity index (χ4n) is 2.01. The van der Waals surface area contributed by atoms with E-state index in [0.29, 0.717) is 25.3 Å². The van der Waals surface area contributed by atoms with Gasteiger partial charge in [-0.25, -0.2) is 0 Å². The molecule has 2 aromatic rings. The second-order valence-electron chi connectivity index (χ2n) is 5.45. The molecule has 0 N–H and O–H groups in total. The van der Waals surface area contributed by atoms with Crippen LogP contribution in [0.5, 0.6) is 11.5 Å². The highest BCUT2D eigenvalue weighted by atomic mass is 79.9. The van der Waals surface area contributed by atoms with E-state index in [4.69, 9.17) is 14.2 Å². The van der Waals surface area contributed by atoms with Gasteiger partial charge in [-0.05, 0) is 55.0 Å². The molecule has 2 rings (SSSR count). The van der Waals surface area contributed by atoms with Crippen molar-refractivity contribution in [1.82, 2.24) is 0 Å². The topological polar surface area (TPSA) is 27.7 Å². The van der Waals surface area contributed by atoms with Gasteiger partial charge in [0.2, 0.25) is 0 Å². The van der Waals surface area contributed by atoms with Gasteiger partial charge < -0.3 is 14.2 Å². The van der Waals surface area contributed by atoms with Gasteiger partial charge in [-0.3, -0.25) is 0 Å². The minimum absolute atomic E-state index is 0.295. The van der Waals surface area contributed by atoms with Gasteiger partial charge in [-0.1, -0.05) is 29.8 Å². The van der Waals surface area contributed by atoms with Crippen LogP contribution in [0.25, 0.3) is 0 Å². The molecule has 0 radical (unpaired) electrons. The fraction of sp³-hybridized carbons (Fsp3) is 0.368. The highest BCUT2D eigenvalue weighted by Crippen LogP contribution is 2.29. The molecule has 0 saturated carbocycles. The van der Waals surface area contributed by atoms with E-state index >= 15 is 0 Å². The van der Waals surface area contributed by atoms with Crippen molar-refractivity contribution in [2.24, 2.45) is 0 Å². The third-order valence-corrected chi connectivity index (χ3v) is 4.87. The van der Waals surface area contributed by atoms with Crippen molar-refractivity contribution in [2.45, 2.75) is 37.5 Å². The van der Waals surface area contributed by atoms with Crippen LogP contribution >= 0.6 is 27.7 Å². The quantitative estimate of drug-likeness (QED) is 0.277. The van der Waals surface area contributed by atoms with Gasteiger partial charge in [0.1, 0.15) is 18.3 Å². The van der Waals surface area contributed by atoms with E-state index in [1.807, 2.05) is 49.0 Å². The summed E-state index contributed by atoms with van der Waals surface area (Å²) >= 11 is 5.38. The summed E-state index contributed by atoms with van der Waals surface area (Å²) in [6.45, 7) is 7.73. The van der Waals surface area contributed by atoms with Crippen LogP contribution in [0, 0.1) is 0 Å². The first-order valence-electron chi connectivity index (χ1n) is 7.97. The second-order valence-corrected chi connectivity index (χ2v) is 7.96. The van der Waals surface area contributed by atoms with Crippen molar-refractivity contribution < 1.29 is 14.2 Å². The van der Waals surface area contributed by atoms with E-state index in [0.717, 1.165) is 21.5 Å². The number of halogens is 1. The third-order valence-electron chi connectivity index (χ3n) is 3.08. The van der Waals surface area contributed by atoms with E-state index in [1.54, 1.807) is 0 Å². The summed E-state index contributed by atoms with van der Waals surface area (Å²) in [5.74, 6) is 1.61. The van der Waals surface area contributed by atoms with Gasteiger partial charge in [0.05, 0.1) is 6.61 Å². The first-order chi connectivity index (χ1) is 11.6. The molecular formula is C19H23BrO3S. The Morgan fingerprint density at radius 3 is 2.38 bits per heavy atom. The summed E-state index contributed by atoms with van der Waals surface area (Å²) in [5.41, 5.74) is 1.03. The van der Waals surface area contributed by atoms with E-state index in [2.05, 4.69) is 41.9 Å². The Labute approximate surface area is 156 Å². The first-order valence-corrected chi connectivity index (χ1v) is 9.64. The highest BCUT2D eigenvalue weighted by molar-refractivity contribution is 9.10. The molecule has 2 aromatic carbocycles. The Kier molecular flexibility index (Phi) is 8.12. The maximum Gasteiger partial charge on any atom is 0.147 e. The predicted octanol–water partition coefficient (Wildman–Crippen LogP) is 6.25. The van der Waals surface area contributed by atoms with Gasteiger partial charge in [-0.15, -0.1) is 11.8 Å². The van der Waals surface area contributed by atoms with Crippen LogP contribution in [0.4, 0.5) is 0 Å². The van der Waals surface area contributed by atoms with Gasteiger partial charge in [0.25, 0.3) is 0 Å². The molecule has 24 heavy (non-hydrogen) atoms. The number of rotatable bonds is 9. The summed E-state index contributed by atoms with van der Waals surface area (Å²) in [5, 5.41) is 0.572. The van der Waals surface area contributed by atoms with Gasteiger partial charge in [-0.2, -0.15) is 0 Å². The smallest absolute Gasteiger partial charge is 0.147 e. The summed E-state index contributed by atoms with van der Waals surface area (Å²) in [6.07, 6.45) is 0. The maximum atomic E-state index is 5.94. The summed E-state index contributed by atoms with van der Waals surface area (Å²) in [6, 6.07) is 14.1. The van der Waals surface area contributed by atoms with E-state index in [-0.39, 0.29) is 0 Å². The number of hydrogen-bond acceptors (Lipinski definition) is 4. The average Bonchev–Trinajstić information content (AvgIpc) is 2.55. The summed E-state index contributed by atoms with van der Waals surface area (Å²) in [4.78, 5) is 1.25. The monoisotopic (exact) mass is 410 g/mol. The Morgan fingerprint density at radius 1 is 1.00 bits per heavy atom. The molecule has 5 heteroatoms. The van der Waals surface area contributed by atoms with E-state index < -0.39 is 0 Å². The van der Waals surface area contributed by atoms with Crippen molar-refractivity contribution in [3.63, 3.8) is 0 Å². The fourth-order valence-corrected chi connectivity index (χ4v) is 3.21. The first kappa shape index (κ1) is 19.3. The lowest BCUT2D eigenvalue weighted by molar-refractivity contribution is -0.0573. The molecular weight excluding hydrogens is 388 g/mol. The van der Waals surface area contributed by atoms with Gasteiger partial charge >= 0.3 is 0 Å². The molecule has 0 aliphatic rings. The van der Waals surface area contributed by atoms with Crippen LogP contribution in [0.2, 0.25) is 0 Å². The lowest BCUT2D eigenvalue weighted by Crippen LogP contribution is -2.00. The van der Waals surface area contributed by atoms with Crippen LogP contribution in [-0.2, 0) is 16.1 Å². The number of hydrogen-bond donors (Lipinski definition) is 0. The van der Waals surface area contributed by atoms with Crippen molar-refractivity contribution >= 4 is 27.7 Å². The minimum atomic E-state index is 0.295. The van der Waals surface area contributed by atoms with Crippen LogP contribution in [0.3, 0.4) is 0 Å². The Bertz CT molecular complexity index is 629. The molecule has 0 spiro atoms. The Hall–Kier alpha value is -1.01. The van der Waals surface area contributed by atoms with Crippen molar-refractivity contribution in [3.8, 4) is 11.5 Å². The number of benzene rings is 2. The van der Waals surface area contributed by atoms with Crippen LogP contribution < -0.4 is 4.74 Å². The molecule has 0 heterocycles. The Morgan fingerprint density at radius 2 is 1.71 bits per heavy atom. The minimum Gasteiger partial charge on any atom is -0.457 e. The summed E-state index contributed by atoms with van der Waals surface area (Å²) < 4.78 is 17.6. The maximum absolute atomic E-state index is 5.94. The Balaban J connectivity index is 1.98. The van der Waals surface area contributed by atoms with Crippen molar-refractivity contribution in [3.05, 3.63) is 52.5 Å². The molecule has 0 fully saturated rings. The zero-order chi connectivity index (χ0) is 17.4. The molecule has 0 bridgehead atoms. The van der Waals surface area contributed by atoms with Crippen LogP contribution in [-0.4, -0.2) is 18.6 Å². The molecule has 0 saturated heterocycles. The van der Waals surface area contributed by atoms with E-state index in [9.17, 15) is 0 Å². The predicted molar refractivity (Wildman–Crippen MR) is 103 cm³/mol. The molecule has 0 amide bonds. The molecule has 3 nitrogen and oxygen atoms in total. The molecule has 0 aromatic heterocycles. The molecule has 130 valence electrons. The largest absolute Gasteiger partial charge is 0.457 e. The lowest BCUT2D eigenvalue weighted by Gasteiger charge is -2.11. The van der Waals surface area contributed by atoms with Gasteiger partial charge in [0.15, 0.2) is 0 Å². The summed E-state index contributed by atoms with van der Waals surface area (Å²) in [7, 11) is 0. The average molecular weight is 411 g/mol. The van der Waals surface area contributed by atoms with Gasteiger partial charge in [0, 0.05) is 21.2 Å². The van der Waals surface area contributed by atoms with E-state index in [1.165, 1.54) is 4.90 Å². The SMILES string of the molecule is CCOCOCc1cc(Oc2ccc(SC(C)C)cc2)ccc1Br. The van der Waals surface area contributed by atoms with Crippen molar-refractivity contribution in [2.75, 3.05) is 13.4 Å². The molecule has 0 unspecified atom stereocenters.